The summed E-state index contributed by atoms with van der Waals surface area (Å²) in [7, 11) is -1.16. The van der Waals surface area contributed by atoms with Crippen LogP contribution in [0.25, 0.3) is 0 Å². The van der Waals surface area contributed by atoms with Crippen LogP contribution in [0.3, 0.4) is 0 Å². The van der Waals surface area contributed by atoms with Gasteiger partial charge in [-0.3, -0.25) is 4.21 Å². The van der Waals surface area contributed by atoms with E-state index in [0.29, 0.717) is 22.9 Å². The van der Waals surface area contributed by atoms with E-state index in [2.05, 4.69) is 12.1 Å². The molecule has 0 saturated heterocycles. The zero-order valence-electron chi connectivity index (χ0n) is 12.0. The Hall–Kier alpha value is -1.65. The average molecular weight is 301 g/mol. The lowest BCUT2D eigenvalue weighted by molar-refractivity contribution is 0.0582. The third-order valence-corrected chi connectivity index (χ3v) is 5.26. The second-order valence-electron chi connectivity index (χ2n) is 5.36. The maximum Gasteiger partial charge on any atom is 0.0946 e. The highest BCUT2D eigenvalue weighted by Crippen LogP contribution is 2.29. The fraction of sp³-hybridized carbons (Fsp3) is 0.294. The van der Waals surface area contributed by atoms with Crippen LogP contribution in [-0.4, -0.2) is 16.6 Å². The molecule has 0 saturated carbocycles. The minimum absolute atomic E-state index is 0.115. The molecule has 0 aliphatic carbocycles. The van der Waals surface area contributed by atoms with Gasteiger partial charge in [-0.05, 0) is 42.2 Å². The van der Waals surface area contributed by atoms with E-state index >= 15 is 0 Å². The zero-order valence-corrected chi connectivity index (χ0v) is 12.9. The molecule has 0 radical (unpaired) electrons. The number of hydrogen-bond acceptors (Lipinski definition) is 3. The average Bonchev–Trinajstić information content (AvgIpc) is 2.50. The molecule has 0 fully saturated rings. The Morgan fingerprint density at radius 3 is 2.95 bits per heavy atom. The van der Waals surface area contributed by atoms with Crippen LogP contribution in [0.15, 0.2) is 47.4 Å². The highest BCUT2D eigenvalue weighted by Gasteiger charge is 2.23. The molecule has 4 heteroatoms. The van der Waals surface area contributed by atoms with Gasteiger partial charge in [-0.2, -0.15) is 0 Å². The first-order chi connectivity index (χ1) is 10.1. The fourth-order valence-electron chi connectivity index (χ4n) is 2.68. The number of aryl methyl sites for hydroxylation is 1. The van der Waals surface area contributed by atoms with Crippen LogP contribution < -0.4 is 5.73 Å². The fourth-order valence-corrected chi connectivity index (χ4v) is 4.06. The number of nitrogens with two attached hydrogens (primary N) is 1. The minimum atomic E-state index is -1.16. The van der Waals surface area contributed by atoms with Crippen molar-refractivity contribution in [2.75, 3.05) is 18.1 Å². The van der Waals surface area contributed by atoms with Crippen molar-refractivity contribution in [2.24, 2.45) is 0 Å². The number of fused-ring (bicyclic) bond motifs is 1. The molecule has 110 valence electrons. The van der Waals surface area contributed by atoms with Crippen LogP contribution in [-0.2, 0) is 22.0 Å². The molecule has 2 atom stereocenters. The van der Waals surface area contributed by atoms with Crippen LogP contribution in [0.2, 0.25) is 0 Å². The third kappa shape index (κ3) is 3.01. The molecule has 0 aromatic heterocycles. The van der Waals surface area contributed by atoms with Crippen LogP contribution in [0.5, 0.6) is 0 Å². The van der Waals surface area contributed by atoms with Crippen molar-refractivity contribution in [1.82, 2.24) is 0 Å². The van der Waals surface area contributed by atoms with E-state index in [1.165, 1.54) is 5.56 Å². The van der Waals surface area contributed by atoms with Crippen molar-refractivity contribution in [2.45, 2.75) is 24.3 Å². The number of nitrogen functional groups attached to an aromatic ring is 1. The van der Waals surface area contributed by atoms with E-state index < -0.39 is 10.8 Å². The van der Waals surface area contributed by atoms with Gasteiger partial charge in [0.2, 0.25) is 0 Å². The van der Waals surface area contributed by atoms with Crippen molar-refractivity contribution >= 4 is 16.5 Å². The molecule has 1 aliphatic heterocycles. The number of benzene rings is 2. The summed E-state index contributed by atoms with van der Waals surface area (Å²) in [5, 5.41) is 0. The first kappa shape index (κ1) is 14.3. The Bertz CT molecular complexity index is 684. The number of rotatable bonds is 3. The van der Waals surface area contributed by atoms with Gasteiger partial charge in [0.15, 0.2) is 0 Å². The van der Waals surface area contributed by atoms with Gasteiger partial charge in [0.1, 0.15) is 0 Å². The Labute approximate surface area is 127 Å². The molecule has 0 amide bonds. The first-order valence-corrected chi connectivity index (χ1v) is 8.41. The van der Waals surface area contributed by atoms with Gasteiger partial charge in [0.25, 0.3) is 0 Å². The largest absolute Gasteiger partial charge is 0.398 e. The molecule has 2 aromatic carbocycles. The second-order valence-corrected chi connectivity index (χ2v) is 6.83. The van der Waals surface area contributed by atoms with Crippen LogP contribution in [0.1, 0.15) is 22.8 Å². The molecule has 21 heavy (non-hydrogen) atoms. The lowest BCUT2D eigenvalue weighted by Crippen LogP contribution is -2.21. The number of anilines is 1. The summed E-state index contributed by atoms with van der Waals surface area (Å²) in [5.74, 6) is 0.449. The third-order valence-electron chi connectivity index (χ3n) is 3.81. The predicted octanol–water partition coefficient (Wildman–Crippen LogP) is 3.00. The molecule has 1 aliphatic rings. The highest BCUT2D eigenvalue weighted by atomic mass is 32.2. The molecule has 3 rings (SSSR count). The highest BCUT2D eigenvalue weighted by molar-refractivity contribution is 7.85. The van der Waals surface area contributed by atoms with Gasteiger partial charge < -0.3 is 10.5 Å². The Morgan fingerprint density at radius 1 is 1.29 bits per heavy atom. The van der Waals surface area contributed by atoms with Gasteiger partial charge in [-0.15, -0.1) is 0 Å². The van der Waals surface area contributed by atoms with Crippen molar-refractivity contribution in [1.29, 1.82) is 0 Å². The van der Waals surface area contributed by atoms with Gasteiger partial charge in [-0.1, -0.05) is 30.3 Å². The molecular weight excluding hydrogens is 282 g/mol. The molecule has 2 unspecified atom stereocenters. The van der Waals surface area contributed by atoms with Crippen molar-refractivity contribution < 1.29 is 8.95 Å². The first-order valence-electron chi connectivity index (χ1n) is 7.09. The van der Waals surface area contributed by atoms with Gasteiger partial charge in [0, 0.05) is 5.69 Å². The van der Waals surface area contributed by atoms with Gasteiger partial charge in [-0.25, -0.2) is 0 Å². The maximum atomic E-state index is 12.6. The molecule has 0 spiro atoms. The number of ether oxygens (including phenoxy) is 1. The van der Waals surface area contributed by atoms with Crippen LogP contribution >= 0.6 is 0 Å². The van der Waals surface area contributed by atoms with Crippen LogP contribution in [0, 0.1) is 6.92 Å². The molecule has 1 heterocycles. The molecule has 2 aromatic rings. The summed E-state index contributed by atoms with van der Waals surface area (Å²) in [6, 6.07) is 13.9. The normalized spacial score (nSPS) is 19.0. The van der Waals surface area contributed by atoms with Crippen molar-refractivity contribution in [3.8, 4) is 0 Å². The smallest absolute Gasteiger partial charge is 0.0946 e. The zero-order chi connectivity index (χ0) is 14.8. The van der Waals surface area contributed by atoms with E-state index in [1.807, 2.05) is 37.3 Å². The minimum Gasteiger partial charge on any atom is -0.398 e. The summed E-state index contributed by atoms with van der Waals surface area (Å²) in [6.07, 6.45) is 0.807. The molecule has 2 N–H and O–H groups in total. The molecular formula is C17H19NO2S. The molecule has 0 bridgehead atoms. The Kier molecular flexibility index (Phi) is 4.08. The van der Waals surface area contributed by atoms with Crippen LogP contribution in [0.4, 0.5) is 5.69 Å². The number of hydrogen-bond donors (Lipinski definition) is 1. The lowest BCUT2D eigenvalue weighted by Gasteiger charge is -2.25. The summed E-state index contributed by atoms with van der Waals surface area (Å²) in [6.45, 7) is 2.66. The summed E-state index contributed by atoms with van der Waals surface area (Å²) < 4.78 is 18.5. The predicted molar refractivity (Wildman–Crippen MR) is 85.7 cm³/mol. The maximum absolute atomic E-state index is 12.6. The van der Waals surface area contributed by atoms with E-state index in [4.69, 9.17) is 10.5 Å². The summed E-state index contributed by atoms with van der Waals surface area (Å²) in [5.41, 5.74) is 10.1. The van der Waals surface area contributed by atoms with E-state index in [9.17, 15) is 4.21 Å². The SMILES string of the molecule is Cc1ccc(N)c(S(=O)CC2OCCc3ccccc32)c1. The summed E-state index contributed by atoms with van der Waals surface area (Å²) in [4.78, 5) is 0.710. The standard InChI is InChI=1S/C17H19NO2S/c1-12-6-7-15(18)17(10-12)21(19)11-16-14-5-3-2-4-13(14)8-9-20-16/h2-7,10,16H,8-9,11,18H2,1H3. The lowest BCUT2D eigenvalue weighted by atomic mass is 9.99. The van der Waals surface area contributed by atoms with Crippen molar-refractivity contribution in [3.63, 3.8) is 0 Å². The van der Waals surface area contributed by atoms with Gasteiger partial charge >= 0.3 is 0 Å². The van der Waals surface area contributed by atoms with E-state index in [0.717, 1.165) is 17.5 Å². The summed E-state index contributed by atoms with van der Waals surface area (Å²) >= 11 is 0. The van der Waals surface area contributed by atoms with Gasteiger partial charge in [0.05, 0.1) is 34.2 Å². The van der Waals surface area contributed by atoms with E-state index in [1.54, 1.807) is 0 Å². The Balaban J connectivity index is 1.84. The monoisotopic (exact) mass is 301 g/mol. The quantitative estimate of drug-likeness (QED) is 0.887. The Morgan fingerprint density at radius 2 is 2.10 bits per heavy atom. The second kappa shape index (κ2) is 6.00. The topological polar surface area (TPSA) is 52.3 Å². The van der Waals surface area contributed by atoms with E-state index in [-0.39, 0.29) is 6.10 Å². The van der Waals surface area contributed by atoms with Crippen molar-refractivity contribution in [3.05, 3.63) is 59.2 Å². The molecule has 3 nitrogen and oxygen atoms in total.